The number of carbonyl (C=O) groups is 2. The number of nitriles is 1. The van der Waals surface area contributed by atoms with Crippen molar-refractivity contribution in [1.29, 1.82) is 5.26 Å². The number of nitrogens with two attached hydrogens (primary N) is 1. The summed E-state index contributed by atoms with van der Waals surface area (Å²) in [6.45, 7) is 1.58. The average Bonchev–Trinajstić information content (AvgIpc) is 2.11. The van der Waals surface area contributed by atoms with Gasteiger partial charge in [-0.25, -0.2) is 5.48 Å². The molecule has 0 heterocycles. The largest absolute Gasteiger partial charge is 0.368 e. The van der Waals surface area contributed by atoms with Gasteiger partial charge in [0.25, 0.3) is 5.91 Å². The molecule has 1 aliphatic carbocycles. The predicted octanol–water partition coefficient (Wildman–Crippen LogP) is -0.541. The summed E-state index contributed by atoms with van der Waals surface area (Å²) >= 11 is 0. The highest BCUT2D eigenvalue weighted by Crippen LogP contribution is 2.44. The molecule has 15 heavy (non-hydrogen) atoms. The van der Waals surface area contributed by atoms with Crippen LogP contribution in [0, 0.1) is 22.7 Å². The van der Waals surface area contributed by atoms with Gasteiger partial charge >= 0.3 is 0 Å². The lowest BCUT2D eigenvalue weighted by Gasteiger charge is -2.38. The molecule has 0 aromatic rings. The van der Waals surface area contributed by atoms with Gasteiger partial charge in [-0.3, -0.25) is 14.4 Å². The molecule has 82 valence electrons. The minimum absolute atomic E-state index is 0.367. The van der Waals surface area contributed by atoms with E-state index in [1.54, 1.807) is 0 Å². The lowest BCUT2D eigenvalue weighted by Crippen LogP contribution is -2.48. The van der Waals surface area contributed by atoms with Crippen LogP contribution >= 0.6 is 0 Å². The fourth-order valence-electron chi connectivity index (χ4n) is 1.73. The maximum atomic E-state index is 11.5. The summed E-state index contributed by atoms with van der Waals surface area (Å²) in [6.07, 6.45) is 1.05. The summed E-state index contributed by atoms with van der Waals surface area (Å²) in [4.78, 5) is 26.4. The average molecular weight is 211 g/mol. The van der Waals surface area contributed by atoms with Crippen molar-refractivity contribution in [3.05, 3.63) is 0 Å². The minimum Gasteiger partial charge on any atom is -0.368 e. The first-order valence-corrected chi connectivity index (χ1v) is 4.62. The molecular formula is C9H13N3O3. The van der Waals surface area contributed by atoms with Gasteiger partial charge in [0.1, 0.15) is 5.41 Å². The van der Waals surface area contributed by atoms with E-state index in [1.807, 2.05) is 13.0 Å². The lowest BCUT2D eigenvalue weighted by molar-refractivity contribution is -0.149. The molecule has 0 aromatic heterocycles. The van der Waals surface area contributed by atoms with Crippen LogP contribution in [0.25, 0.3) is 0 Å². The summed E-state index contributed by atoms with van der Waals surface area (Å²) in [5.41, 5.74) is 5.89. The Bertz CT molecular complexity index is 315. The molecule has 0 bridgehead atoms. The smallest absolute Gasteiger partial charge is 0.264 e. The molecule has 1 aliphatic rings. The standard InChI is InChI=1S/C9H13N3O3/c1-6-2-9(3-6,5-10)8(14)12-15-4-7(11)13/h6H,2-4H2,1H3,(H2,11,13)(H,12,14). The van der Waals surface area contributed by atoms with Gasteiger partial charge in [0.2, 0.25) is 5.91 Å². The highest BCUT2D eigenvalue weighted by molar-refractivity contribution is 5.85. The van der Waals surface area contributed by atoms with E-state index in [0.29, 0.717) is 18.8 Å². The van der Waals surface area contributed by atoms with Gasteiger partial charge in [-0.2, -0.15) is 5.26 Å². The van der Waals surface area contributed by atoms with E-state index in [-0.39, 0.29) is 6.61 Å². The number of carbonyl (C=O) groups excluding carboxylic acids is 2. The van der Waals surface area contributed by atoms with Crippen molar-refractivity contribution in [3.8, 4) is 6.07 Å². The summed E-state index contributed by atoms with van der Waals surface area (Å²) in [5.74, 6) is -0.806. The Hall–Kier alpha value is -1.61. The molecule has 3 N–H and O–H groups in total. The first kappa shape index (κ1) is 11.5. The molecule has 0 atom stereocenters. The van der Waals surface area contributed by atoms with Gasteiger partial charge in [-0.1, -0.05) is 6.92 Å². The molecule has 6 nitrogen and oxygen atoms in total. The monoisotopic (exact) mass is 211 g/mol. The fraction of sp³-hybridized carbons (Fsp3) is 0.667. The van der Waals surface area contributed by atoms with Gasteiger partial charge < -0.3 is 5.73 Å². The van der Waals surface area contributed by atoms with Crippen molar-refractivity contribution in [2.75, 3.05) is 6.61 Å². The first-order valence-electron chi connectivity index (χ1n) is 4.62. The third-order valence-corrected chi connectivity index (χ3v) is 2.42. The van der Waals surface area contributed by atoms with Crippen LogP contribution in [0.1, 0.15) is 19.8 Å². The third kappa shape index (κ3) is 2.44. The second kappa shape index (κ2) is 4.28. The molecule has 2 amide bonds. The van der Waals surface area contributed by atoms with E-state index < -0.39 is 17.2 Å². The van der Waals surface area contributed by atoms with Crippen LogP contribution in [0.15, 0.2) is 0 Å². The predicted molar refractivity (Wildman–Crippen MR) is 49.7 cm³/mol. The second-order valence-electron chi connectivity index (χ2n) is 3.89. The topological polar surface area (TPSA) is 105 Å². The van der Waals surface area contributed by atoms with E-state index in [2.05, 4.69) is 10.3 Å². The van der Waals surface area contributed by atoms with Crippen LogP contribution < -0.4 is 11.2 Å². The fourth-order valence-corrected chi connectivity index (χ4v) is 1.73. The van der Waals surface area contributed by atoms with Gasteiger partial charge in [0, 0.05) is 0 Å². The van der Waals surface area contributed by atoms with Crippen LogP contribution in [0.4, 0.5) is 0 Å². The zero-order valence-corrected chi connectivity index (χ0v) is 8.45. The minimum atomic E-state index is -0.989. The number of amides is 2. The summed E-state index contributed by atoms with van der Waals surface area (Å²) < 4.78 is 0. The quantitative estimate of drug-likeness (QED) is 0.609. The van der Waals surface area contributed by atoms with E-state index in [0.717, 1.165) is 0 Å². The zero-order valence-electron chi connectivity index (χ0n) is 8.45. The van der Waals surface area contributed by atoms with Crippen molar-refractivity contribution in [2.24, 2.45) is 17.1 Å². The van der Waals surface area contributed by atoms with E-state index in [1.165, 1.54) is 0 Å². The molecule has 0 radical (unpaired) electrons. The van der Waals surface area contributed by atoms with E-state index in [9.17, 15) is 9.59 Å². The molecule has 1 fully saturated rings. The van der Waals surface area contributed by atoms with Crippen LogP contribution in [0.3, 0.4) is 0 Å². The Kier molecular flexibility index (Phi) is 3.27. The van der Waals surface area contributed by atoms with E-state index in [4.69, 9.17) is 11.0 Å². The van der Waals surface area contributed by atoms with Gasteiger partial charge in [-0.05, 0) is 18.8 Å². The van der Waals surface area contributed by atoms with Gasteiger partial charge in [0.05, 0.1) is 6.07 Å². The van der Waals surface area contributed by atoms with Gasteiger partial charge in [0.15, 0.2) is 6.61 Å². The molecule has 0 aromatic carbocycles. The number of nitrogens with one attached hydrogen (secondary N) is 1. The Labute approximate surface area is 87.3 Å². The van der Waals surface area contributed by atoms with Crippen molar-refractivity contribution < 1.29 is 14.4 Å². The molecule has 6 heteroatoms. The zero-order chi connectivity index (χ0) is 11.5. The maximum Gasteiger partial charge on any atom is 0.264 e. The van der Waals surface area contributed by atoms with Crippen LogP contribution in [-0.4, -0.2) is 18.4 Å². The lowest BCUT2D eigenvalue weighted by atomic mass is 9.63. The van der Waals surface area contributed by atoms with Crippen molar-refractivity contribution >= 4 is 11.8 Å². The maximum absolute atomic E-state index is 11.5. The molecule has 0 spiro atoms. The summed E-state index contributed by atoms with van der Waals surface area (Å²) in [5, 5.41) is 8.88. The number of primary amides is 1. The molecule has 0 unspecified atom stereocenters. The first-order chi connectivity index (χ1) is 7.00. The van der Waals surface area contributed by atoms with Crippen LogP contribution in [-0.2, 0) is 14.4 Å². The Balaban J connectivity index is 2.40. The highest BCUT2D eigenvalue weighted by atomic mass is 16.7. The number of hydrogen-bond donors (Lipinski definition) is 2. The van der Waals surface area contributed by atoms with Crippen LogP contribution in [0.2, 0.25) is 0 Å². The van der Waals surface area contributed by atoms with Crippen molar-refractivity contribution in [3.63, 3.8) is 0 Å². The van der Waals surface area contributed by atoms with Crippen molar-refractivity contribution in [2.45, 2.75) is 19.8 Å². The summed E-state index contributed by atoms with van der Waals surface area (Å²) in [7, 11) is 0. The molecular weight excluding hydrogens is 198 g/mol. The SMILES string of the molecule is CC1CC(C#N)(C(=O)NOCC(N)=O)C1. The summed E-state index contributed by atoms with van der Waals surface area (Å²) in [6, 6.07) is 1.98. The number of rotatable bonds is 4. The van der Waals surface area contributed by atoms with E-state index >= 15 is 0 Å². The third-order valence-electron chi connectivity index (χ3n) is 2.42. The number of hydroxylamine groups is 1. The number of hydrogen-bond acceptors (Lipinski definition) is 4. The highest BCUT2D eigenvalue weighted by Gasteiger charge is 2.49. The Morgan fingerprint density at radius 1 is 1.67 bits per heavy atom. The number of nitrogens with zero attached hydrogens (tertiary/aromatic N) is 1. The molecule has 0 aliphatic heterocycles. The molecule has 1 rings (SSSR count). The Morgan fingerprint density at radius 2 is 2.27 bits per heavy atom. The van der Waals surface area contributed by atoms with Crippen LogP contribution in [0.5, 0.6) is 0 Å². The second-order valence-corrected chi connectivity index (χ2v) is 3.89. The Morgan fingerprint density at radius 3 is 2.67 bits per heavy atom. The van der Waals surface area contributed by atoms with Gasteiger partial charge in [-0.15, -0.1) is 0 Å². The normalized spacial score (nSPS) is 28.7. The molecule has 1 saturated carbocycles. The van der Waals surface area contributed by atoms with Crippen molar-refractivity contribution in [1.82, 2.24) is 5.48 Å². The molecule has 0 saturated heterocycles.